The summed E-state index contributed by atoms with van der Waals surface area (Å²) in [6, 6.07) is 0. The standard InChI is InChI=1S/C8H5F3INO2/c9-5-6(12)3(1-4(14)15)2-13-7(5)8(10)11/h2,8H,1H2,(H,14,15). The van der Waals surface area contributed by atoms with Gasteiger partial charge in [-0.05, 0) is 28.2 Å². The highest BCUT2D eigenvalue weighted by atomic mass is 127. The Morgan fingerprint density at radius 2 is 2.20 bits per heavy atom. The largest absolute Gasteiger partial charge is 0.481 e. The molecule has 0 spiro atoms. The van der Waals surface area contributed by atoms with Gasteiger partial charge in [0.1, 0.15) is 5.69 Å². The predicted octanol–water partition coefficient (Wildman–Crippen LogP) is 2.39. The van der Waals surface area contributed by atoms with Gasteiger partial charge in [0.05, 0.1) is 9.99 Å². The lowest BCUT2D eigenvalue weighted by molar-refractivity contribution is -0.136. The van der Waals surface area contributed by atoms with E-state index < -0.39 is 30.3 Å². The van der Waals surface area contributed by atoms with E-state index in [0.717, 1.165) is 6.20 Å². The van der Waals surface area contributed by atoms with Crippen molar-refractivity contribution >= 4 is 28.6 Å². The molecule has 0 saturated heterocycles. The van der Waals surface area contributed by atoms with Gasteiger partial charge in [0, 0.05) is 6.20 Å². The van der Waals surface area contributed by atoms with Crippen LogP contribution in [0.15, 0.2) is 6.20 Å². The van der Waals surface area contributed by atoms with Crippen LogP contribution in [0.4, 0.5) is 13.2 Å². The van der Waals surface area contributed by atoms with Crippen LogP contribution >= 0.6 is 22.6 Å². The van der Waals surface area contributed by atoms with Gasteiger partial charge in [0.15, 0.2) is 5.82 Å². The zero-order valence-corrected chi connectivity index (χ0v) is 9.33. The summed E-state index contributed by atoms with van der Waals surface area (Å²) in [6.45, 7) is 0. The molecule has 1 aromatic rings. The van der Waals surface area contributed by atoms with Crippen LogP contribution in [-0.2, 0) is 11.2 Å². The molecular weight excluding hydrogens is 326 g/mol. The van der Waals surface area contributed by atoms with Crippen LogP contribution in [0.3, 0.4) is 0 Å². The zero-order chi connectivity index (χ0) is 11.6. The van der Waals surface area contributed by atoms with E-state index in [4.69, 9.17) is 5.11 Å². The first-order valence-electron chi connectivity index (χ1n) is 3.76. The lowest BCUT2D eigenvalue weighted by atomic mass is 10.2. The average molecular weight is 331 g/mol. The van der Waals surface area contributed by atoms with E-state index >= 15 is 0 Å². The Morgan fingerprint density at radius 1 is 1.60 bits per heavy atom. The van der Waals surface area contributed by atoms with E-state index in [2.05, 4.69) is 4.98 Å². The predicted molar refractivity (Wildman–Crippen MR) is 53.2 cm³/mol. The van der Waals surface area contributed by atoms with Crippen molar-refractivity contribution < 1.29 is 23.1 Å². The summed E-state index contributed by atoms with van der Waals surface area (Å²) in [5, 5.41) is 8.46. The third kappa shape index (κ3) is 2.80. The van der Waals surface area contributed by atoms with Crippen LogP contribution in [0.25, 0.3) is 0 Å². The molecule has 0 radical (unpaired) electrons. The van der Waals surface area contributed by atoms with Crippen molar-refractivity contribution in [2.45, 2.75) is 12.8 Å². The van der Waals surface area contributed by atoms with E-state index in [1.807, 2.05) is 0 Å². The van der Waals surface area contributed by atoms with E-state index in [9.17, 15) is 18.0 Å². The van der Waals surface area contributed by atoms with Gasteiger partial charge in [-0.1, -0.05) is 0 Å². The van der Waals surface area contributed by atoms with Crippen LogP contribution in [0, 0.1) is 9.39 Å². The number of hydrogen-bond acceptors (Lipinski definition) is 2. The Kier molecular flexibility index (Phi) is 3.89. The van der Waals surface area contributed by atoms with Gasteiger partial charge in [-0.15, -0.1) is 0 Å². The highest BCUT2D eigenvalue weighted by molar-refractivity contribution is 14.1. The smallest absolute Gasteiger partial charge is 0.307 e. The summed E-state index contributed by atoms with van der Waals surface area (Å²) in [7, 11) is 0. The van der Waals surface area contributed by atoms with Gasteiger partial charge < -0.3 is 5.11 Å². The van der Waals surface area contributed by atoms with Crippen LogP contribution in [0.1, 0.15) is 17.7 Å². The normalized spacial score (nSPS) is 10.7. The molecule has 0 aliphatic rings. The molecule has 1 N–H and O–H groups in total. The second-order valence-corrected chi connectivity index (χ2v) is 3.75. The molecule has 0 fully saturated rings. The molecule has 1 heterocycles. The van der Waals surface area contributed by atoms with E-state index in [0.29, 0.717) is 0 Å². The van der Waals surface area contributed by atoms with Crippen LogP contribution in [-0.4, -0.2) is 16.1 Å². The van der Waals surface area contributed by atoms with Crippen molar-refractivity contribution in [3.63, 3.8) is 0 Å². The first-order chi connectivity index (χ1) is 6.93. The number of pyridine rings is 1. The molecule has 7 heteroatoms. The van der Waals surface area contributed by atoms with Crippen molar-refractivity contribution in [3.8, 4) is 0 Å². The monoisotopic (exact) mass is 331 g/mol. The second kappa shape index (κ2) is 4.77. The zero-order valence-electron chi connectivity index (χ0n) is 7.18. The van der Waals surface area contributed by atoms with E-state index in [1.54, 1.807) is 0 Å². The summed E-state index contributed by atoms with van der Waals surface area (Å²) in [4.78, 5) is 13.5. The molecule has 0 unspecified atom stereocenters. The number of rotatable bonds is 3. The Labute approximate surface area is 96.5 Å². The first kappa shape index (κ1) is 12.2. The van der Waals surface area contributed by atoms with E-state index in [-0.39, 0.29) is 9.13 Å². The minimum atomic E-state index is -3.00. The van der Waals surface area contributed by atoms with Gasteiger partial charge in [0.25, 0.3) is 6.43 Å². The van der Waals surface area contributed by atoms with Crippen molar-refractivity contribution in [1.29, 1.82) is 0 Å². The molecule has 15 heavy (non-hydrogen) atoms. The third-order valence-electron chi connectivity index (χ3n) is 1.61. The van der Waals surface area contributed by atoms with Gasteiger partial charge in [-0.2, -0.15) is 0 Å². The third-order valence-corrected chi connectivity index (χ3v) is 2.77. The Balaban J connectivity index is 3.15. The van der Waals surface area contributed by atoms with Gasteiger partial charge in [-0.25, -0.2) is 13.2 Å². The summed E-state index contributed by atoms with van der Waals surface area (Å²) in [6.07, 6.45) is -2.48. The summed E-state index contributed by atoms with van der Waals surface area (Å²) >= 11 is 1.49. The number of carboxylic acid groups (broad SMARTS) is 1. The minimum Gasteiger partial charge on any atom is -0.481 e. The molecule has 0 aliphatic carbocycles. The number of halogens is 4. The number of alkyl halides is 2. The lowest BCUT2D eigenvalue weighted by Gasteiger charge is -2.06. The van der Waals surface area contributed by atoms with Gasteiger partial charge >= 0.3 is 5.97 Å². The van der Waals surface area contributed by atoms with Crippen LogP contribution < -0.4 is 0 Å². The molecule has 0 aliphatic heterocycles. The first-order valence-corrected chi connectivity index (χ1v) is 4.84. The van der Waals surface area contributed by atoms with Crippen LogP contribution in [0.2, 0.25) is 0 Å². The number of aromatic nitrogens is 1. The Hall–Kier alpha value is -0.860. The number of nitrogens with zero attached hydrogens (tertiary/aromatic N) is 1. The molecule has 82 valence electrons. The SMILES string of the molecule is O=C(O)Cc1cnc(C(F)F)c(F)c1I. The highest BCUT2D eigenvalue weighted by Crippen LogP contribution is 2.25. The summed E-state index contributed by atoms with van der Waals surface area (Å²) in [5.74, 6) is -2.32. The van der Waals surface area contributed by atoms with Crippen molar-refractivity contribution in [2.75, 3.05) is 0 Å². The van der Waals surface area contributed by atoms with Crippen LogP contribution in [0.5, 0.6) is 0 Å². The molecule has 1 rings (SSSR count). The number of carboxylic acids is 1. The summed E-state index contributed by atoms with van der Waals surface area (Å²) < 4.78 is 37.5. The minimum absolute atomic E-state index is 0.0880. The fraction of sp³-hybridized carbons (Fsp3) is 0.250. The Morgan fingerprint density at radius 3 is 2.67 bits per heavy atom. The highest BCUT2D eigenvalue weighted by Gasteiger charge is 2.20. The Bertz CT molecular complexity index is 398. The van der Waals surface area contributed by atoms with Gasteiger partial charge in [0.2, 0.25) is 0 Å². The number of hydrogen-bond donors (Lipinski definition) is 1. The molecule has 0 saturated carbocycles. The number of carbonyl (C=O) groups is 1. The fourth-order valence-electron chi connectivity index (χ4n) is 0.953. The maximum Gasteiger partial charge on any atom is 0.307 e. The molecule has 3 nitrogen and oxygen atoms in total. The fourth-order valence-corrected chi connectivity index (χ4v) is 1.56. The molecular formula is C8H5F3INO2. The van der Waals surface area contributed by atoms with Crippen molar-refractivity contribution in [3.05, 3.63) is 26.8 Å². The van der Waals surface area contributed by atoms with Crippen molar-refractivity contribution in [2.24, 2.45) is 0 Å². The number of aliphatic carboxylic acids is 1. The second-order valence-electron chi connectivity index (χ2n) is 2.67. The molecule has 1 aromatic heterocycles. The molecule has 0 amide bonds. The van der Waals surface area contributed by atoms with Gasteiger partial charge in [-0.3, -0.25) is 9.78 Å². The molecule has 0 bridgehead atoms. The average Bonchev–Trinajstić information content (AvgIpc) is 2.12. The quantitative estimate of drug-likeness (QED) is 0.866. The lowest BCUT2D eigenvalue weighted by Crippen LogP contribution is -2.07. The van der Waals surface area contributed by atoms with E-state index in [1.165, 1.54) is 22.6 Å². The van der Waals surface area contributed by atoms with Crippen molar-refractivity contribution in [1.82, 2.24) is 4.98 Å². The molecule has 0 aromatic carbocycles. The maximum atomic E-state index is 13.2. The maximum absolute atomic E-state index is 13.2. The summed E-state index contributed by atoms with van der Waals surface area (Å²) in [5.41, 5.74) is -0.862. The topological polar surface area (TPSA) is 50.2 Å². The molecule has 0 atom stereocenters.